The first-order chi connectivity index (χ1) is 9.21. The van der Waals surface area contributed by atoms with E-state index in [-0.39, 0.29) is 18.5 Å². The first kappa shape index (κ1) is 14.7. The van der Waals surface area contributed by atoms with Crippen LogP contribution < -0.4 is 5.32 Å². The number of rotatable bonds is 3. The Morgan fingerprint density at radius 2 is 2.10 bits per heavy atom. The third-order valence-corrected chi connectivity index (χ3v) is 4.48. The van der Waals surface area contributed by atoms with E-state index in [2.05, 4.69) is 5.32 Å². The molecule has 110 valence electrons. The Labute approximate surface area is 115 Å². The lowest BCUT2D eigenvalue weighted by Gasteiger charge is -2.14. The molecule has 1 aromatic carbocycles. The number of sulfone groups is 1. The first-order valence-corrected chi connectivity index (χ1v) is 7.78. The van der Waals surface area contributed by atoms with E-state index < -0.39 is 44.2 Å². The van der Waals surface area contributed by atoms with Gasteiger partial charge in [0.1, 0.15) is 4.90 Å². The van der Waals surface area contributed by atoms with Crippen LogP contribution in [0.15, 0.2) is 17.0 Å². The summed E-state index contributed by atoms with van der Waals surface area (Å²) in [6.45, 7) is 0.217. The van der Waals surface area contributed by atoms with Crippen LogP contribution in [0.4, 0.5) is 4.39 Å². The summed E-state index contributed by atoms with van der Waals surface area (Å²) in [6.07, 6.45) is 1.05. The number of aliphatic carboxylic acids is 1. The van der Waals surface area contributed by atoms with Gasteiger partial charge in [0.05, 0.1) is 5.92 Å². The minimum Gasteiger partial charge on any atom is -0.505 e. The van der Waals surface area contributed by atoms with Crippen LogP contribution in [0.2, 0.25) is 0 Å². The molecule has 2 rings (SSSR count). The zero-order valence-electron chi connectivity index (χ0n) is 10.6. The van der Waals surface area contributed by atoms with Crippen molar-refractivity contribution >= 4 is 15.8 Å². The molecule has 0 radical (unpaired) electrons. The molecule has 0 saturated carbocycles. The summed E-state index contributed by atoms with van der Waals surface area (Å²) in [5.74, 6) is -3.54. The molecule has 2 unspecified atom stereocenters. The zero-order chi connectivity index (χ0) is 15.1. The van der Waals surface area contributed by atoms with Crippen molar-refractivity contribution in [1.82, 2.24) is 5.32 Å². The number of carbonyl (C=O) groups is 1. The SMILES string of the molecule is CS(=O)(=O)c1ccc(C2CC(C(=O)O)CN2)c(O)c1F. The fourth-order valence-corrected chi connectivity index (χ4v) is 3.03. The molecule has 0 aromatic heterocycles. The van der Waals surface area contributed by atoms with Gasteiger partial charge < -0.3 is 15.5 Å². The lowest BCUT2D eigenvalue weighted by molar-refractivity contribution is -0.141. The van der Waals surface area contributed by atoms with Crippen molar-refractivity contribution < 1.29 is 27.8 Å². The van der Waals surface area contributed by atoms with Gasteiger partial charge in [-0.05, 0) is 12.5 Å². The lowest BCUT2D eigenvalue weighted by atomic mass is 9.99. The average Bonchev–Trinajstić information content (AvgIpc) is 2.80. The van der Waals surface area contributed by atoms with E-state index in [0.29, 0.717) is 0 Å². The lowest BCUT2D eigenvalue weighted by Crippen LogP contribution is -2.17. The predicted molar refractivity (Wildman–Crippen MR) is 67.7 cm³/mol. The number of halogens is 1. The average molecular weight is 303 g/mol. The highest BCUT2D eigenvalue weighted by atomic mass is 32.2. The van der Waals surface area contributed by atoms with Crippen LogP contribution in [-0.2, 0) is 14.6 Å². The molecule has 0 bridgehead atoms. The summed E-state index contributed by atoms with van der Waals surface area (Å²) in [5.41, 5.74) is 0.165. The Kier molecular flexibility index (Phi) is 3.70. The van der Waals surface area contributed by atoms with Gasteiger partial charge in [0.25, 0.3) is 0 Å². The number of nitrogens with one attached hydrogen (secondary N) is 1. The van der Waals surface area contributed by atoms with E-state index in [4.69, 9.17) is 5.11 Å². The summed E-state index contributed by atoms with van der Waals surface area (Å²) in [6, 6.07) is 1.87. The fraction of sp³-hybridized carbons (Fsp3) is 0.417. The van der Waals surface area contributed by atoms with E-state index in [1.807, 2.05) is 0 Å². The van der Waals surface area contributed by atoms with Crippen LogP contribution >= 0.6 is 0 Å². The molecule has 8 heteroatoms. The van der Waals surface area contributed by atoms with Gasteiger partial charge in [-0.2, -0.15) is 0 Å². The number of hydrogen-bond acceptors (Lipinski definition) is 5. The molecular weight excluding hydrogens is 289 g/mol. The van der Waals surface area contributed by atoms with Gasteiger partial charge in [0, 0.05) is 24.4 Å². The first-order valence-electron chi connectivity index (χ1n) is 5.89. The van der Waals surface area contributed by atoms with Crippen molar-refractivity contribution in [2.24, 2.45) is 5.92 Å². The molecule has 1 saturated heterocycles. The maximum absolute atomic E-state index is 13.9. The highest BCUT2D eigenvalue weighted by Crippen LogP contribution is 2.36. The molecule has 0 aliphatic carbocycles. The Bertz CT molecular complexity index is 658. The quantitative estimate of drug-likeness (QED) is 0.758. The number of carboxylic acids is 1. The Hall–Kier alpha value is -1.67. The van der Waals surface area contributed by atoms with Gasteiger partial charge in [0.2, 0.25) is 0 Å². The van der Waals surface area contributed by atoms with Gasteiger partial charge in [-0.3, -0.25) is 4.79 Å². The summed E-state index contributed by atoms with van der Waals surface area (Å²) in [5, 5.41) is 21.6. The molecule has 0 spiro atoms. The fourth-order valence-electron chi connectivity index (χ4n) is 2.29. The third-order valence-electron chi connectivity index (χ3n) is 3.37. The maximum atomic E-state index is 13.9. The number of phenols is 1. The summed E-state index contributed by atoms with van der Waals surface area (Å²) < 4.78 is 36.6. The van der Waals surface area contributed by atoms with Crippen molar-refractivity contribution in [3.63, 3.8) is 0 Å². The molecule has 1 heterocycles. The molecule has 1 aliphatic rings. The third kappa shape index (κ3) is 2.61. The summed E-state index contributed by atoms with van der Waals surface area (Å²) in [7, 11) is -3.77. The molecule has 1 aliphatic heterocycles. The molecule has 6 nitrogen and oxygen atoms in total. The van der Waals surface area contributed by atoms with Crippen molar-refractivity contribution in [3.05, 3.63) is 23.5 Å². The zero-order valence-corrected chi connectivity index (χ0v) is 11.4. The number of phenolic OH excluding ortho intramolecular Hbond substituents is 1. The van der Waals surface area contributed by atoms with Gasteiger partial charge in [-0.25, -0.2) is 12.8 Å². The maximum Gasteiger partial charge on any atom is 0.307 e. The second kappa shape index (κ2) is 5.02. The molecular formula is C12H14FNO5S. The predicted octanol–water partition coefficient (Wildman–Crippen LogP) is 0.670. The van der Waals surface area contributed by atoms with Crippen LogP contribution in [0.3, 0.4) is 0 Å². The summed E-state index contributed by atoms with van der Waals surface area (Å²) >= 11 is 0. The normalized spacial score (nSPS) is 22.9. The smallest absolute Gasteiger partial charge is 0.307 e. The topological polar surface area (TPSA) is 104 Å². The molecule has 2 atom stereocenters. The van der Waals surface area contributed by atoms with Crippen LogP contribution in [0.5, 0.6) is 5.75 Å². The van der Waals surface area contributed by atoms with Crippen LogP contribution in [-0.4, -0.2) is 37.4 Å². The van der Waals surface area contributed by atoms with Gasteiger partial charge in [-0.1, -0.05) is 6.07 Å². The number of aromatic hydroxyl groups is 1. The van der Waals surface area contributed by atoms with Crippen molar-refractivity contribution in [1.29, 1.82) is 0 Å². The van der Waals surface area contributed by atoms with Gasteiger partial charge in [-0.15, -0.1) is 0 Å². The molecule has 20 heavy (non-hydrogen) atoms. The summed E-state index contributed by atoms with van der Waals surface area (Å²) in [4.78, 5) is 10.3. The van der Waals surface area contributed by atoms with Gasteiger partial charge >= 0.3 is 5.97 Å². The van der Waals surface area contributed by atoms with E-state index in [0.717, 1.165) is 12.3 Å². The van der Waals surface area contributed by atoms with Crippen LogP contribution in [0.1, 0.15) is 18.0 Å². The minimum absolute atomic E-state index is 0.165. The Balaban J connectivity index is 2.37. The van der Waals surface area contributed by atoms with E-state index >= 15 is 0 Å². The van der Waals surface area contributed by atoms with Crippen molar-refractivity contribution in [2.45, 2.75) is 17.4 Å². The molecule has 0 amide bonds. The second-order valence-corrected chi connectivity index (χ2v) is 6.80. The standard InChI is InChI=1S/C12H14FNO5S/c1-20(18,19)9-3-2-7(11(15)10(9)13)8-4-6(5-14-8)12(16)17/h2-3,6,8,14-15H,4-5H2,1H3,(H,16,17). The number of carboxylic acid groups (broad SMARTS) is 1. The van der Waals surface area contributed by atoms with Crippen molar-refractivity contribution in [2.75, 3.05) is 12.8 Å². The second-order valence-electron chi connectivity index (χ2n) is 4.82. The number of benzene rings is 1. The van der Waals surface area contributed by atoms with E-state index in [1.54, 1.807) is 0 Å². The largest absolute Gasteiger partial charge is 0.505 e. The number of hydrogen-bond donors (Lipinski definition) is 3. The highest BCUT2D eigenvalue weighted by Gasteiger charge is 2.33. The Morgan fingerprint density at radius 1 is 1.45 bits per heavy atom. The highest BCUT2D eigenvalue weighted by molar-refractivity contribution is 7.90. The van der Waals surface area contributed by atoms with Crippen molar-refractivity contribution in [3.8, 4) is 5.75 Å². The van der Waals surface area contributed by atoms with Crippen LogP contribution in [0, 0.1) is 11.7 Å². The minimum atomic E-state index is -3.77. The molecule has 1 fully saturated rings. The monoisotopic (exact) mass is 303 g/mol. The molecule has 1 aromatic rings. The van der Waals surface area contributed by atoms with Crippen LogP contribution in [0.25, 0.3) is 0 Å². The molecule has 3 N–H and O–H groups in total. The van der Waals surface area contributed by atoms with Gasteiger partial charge in [0.15, 0.2) is 21.4 Å². The van der Waals surface area contributed by atoms with E-state index in [1.165, 1.54) is 6.07 Å². The van der Waals surface area contributed by atoms with E-state index in [9.17, 15) is 22.7 Å². The Morgan fingerprint density at radius 3 is 2.60 bits per heavy atom.